The smallest absolute Gasteiger partial charge is 0.232 e. The van der Waals surface area contributed by atoms with Crippen molar-refractivity contribution in [2.75, 3.05) is 11.1 Å². The maximum absolute atomic E-state index is 12.0. The zero-order chi connectivity index (χ0) is 14.7. The lowest BCUT2D eigenvalue weighted by Gasteiger charge is -2.19. The number of ketones is 1. The highest BCUT2D eigenvalue weighted by Gasteiger charge is 2.27. The Hall–Kier alpha value is -2.50. The van der Waals surface area contributed by atoms with E-state index in [2.05, 4.69) is 20.3 Å². The van der Waals surface area contributed by atoms with Gasteiger partial charge in [0.15, 0.2) is 0 Å². The quantitative estimate of drug-likeness (QED) is 0.898. The first-order chi connectivity index (χ1) is 10.2. The first-order valence-electron chi connectivity index (χ1n) is 7.08. The molecule has 0 spiro atoms. The number of aromatic nitrogens is 3. The van der Waals surface area contributed by atoms with Gasteiger partial charge in [-0.05, 0) is 25.0 Å². The maximum Gasteiger partial charge on any atom is 0.232 e. The van der Waals surface area contributed by atoms with Crippen LogP contribution in [0.4, 0.5) is 17.6 Å². The number of rotatable bonds is 3. The highest BCUT2D eigenvalue weighted by Crippen LogP contribution is 2.28. The van der Waals surface area contributed by atoms with Crippen LogP contribution in [0, 0.1) is 0 Å². The number of nitrogens with one attached hydrogen (secondary N) is 1. The van der Waals surface area contributed by atoms with Gasteiger partial charge in [0.2, 0.25) is 11.9 Å². The van der Waals surface area contributed by atoms with Crippen LogP contribution in [0.25, 0.3) is 0 Å². The Morgan fingerprint density at radius 2 is 1.90 bits per heavy atom. The van der Waals surface area contributed by atoms with Crippen LogP contribution in [0.3, 0.4) is 0 Å². The van der Waals surface area contributed by atoms with Crippen LogP contribution >= 0.6 is 0 Å². The molecule has 1 aromatic carbocycles. The maximum atomic E-state index is 12.0. The van der Waals surface area contributed by atoms with Gasteiger partial charge in [0.1, 0.15) is 11.6 Å². The second-order valence-corrected chi connectivity index (χ2v) is 5.13. The average Bonchev–Trinajstić information content (AvgIpc) is 2.48. The molecule has 6 heteroatoms. The first kappa shape index (κ1) is 13.5. The van der Waals surface area contributed by atoms with Gasteiger partial charge in [-0.15, -0.1) is 0 Å². The number of hydrogen-bond acceptors (Lipinski definition) is 6. The average molecular weight is 283 g/mol. The van der Waals surface area contributed by atoms with Crippen LogP contribution < -0.4 is 11.1 Å². The standard InChI is InChI=1S/C15H17N5O/c16-14-18-13(11-8-4-5-9-12(11)21)19-15(20-14)17-10-6-2-1-3-7-10/h1-3,6-7,11H,4-5,8-9H2,(H3,16,17,18,19,20)/t11-/m0/s1. The third kappa shape index (κ3) is 3.16. The summed E-state index contributed by atoms with van der Waals surface area (Å²) in [5.74, 6) is 0.933. The Morgan fingerprint density at radius 1 is 1.10 bits per heavy atom. The minimum atomic E-state index is -0.250. The van der Waals surface area contributed by atoms with E-state index in [-0.39, 0.29) is 17.6 Å². The fourth-order valence-electron chi connectivity index (χ4n) is 2.53. The summed E-state index contributed by atoms with van der Waals surface area (Å²) < 4.78 is 0. The van der Waals surface area contributed by atoms with Crippen LogP contribution in [0.15, 0.2) is 30.3 Å². The van der Waals surface area contributed by atoms with Gasteiger partial charge in [0.25, 0.3) is 0 Å². The molecule has 2 aromatic rings. The van der Waals surface area contributed by atoms with E-state index >= 15 is 0 Å². The van der Waals surface area contributed by atoms with Crippen molar-refractivity contribution in [2.45, 2.75) is 31.6 Å². The number of hydrogen-bond donors (Lipinski definition) is 2. The molecule has 3 rings (SSSR count). The Labute approximate surface area is 122 Å². The van der Waals surface area contributed by atoms with Crippen molar-refractivity contribution in [3.05, 3.63) is 36.2 Å². The number of Topliss-reactive ketones (excluding diaryl/α,β-unsaturated/α-hetero) is 1. The van der Waals surface area contributed by atoms with Crippen molar-refractivity contribution in [3.8, 4) is 0 Å². The van der Waals surface area contributed by atoms with Crippen molar-refractivity contribution in [1.29, 1.82) is 0 Å². The van der Waals surface area contributed by atoms with Crippen molar-refractivity contribution in [2.24, 2.45) is 0 Å². The summed E-state index contributed by atoms with van der Waals surface area (Å²) in [6.07, 6.45) is 3.35. The number of nitrogens with two attached hydrogens (primary N) is 1. The van der Waals surface area contributed by atoms with Crippen molar-refractivity contribution in [1.82, 2.24) is 15.0 Å². The highest BCUT2D eigenvalue weighted by atomic mass is 16.1. The number of carbonyl (C=O) groups excluding carboxylic acids is 1. The topological polar surface area (TPSA) is 93.8 Å². The van der Waals surface area contributed by atoms with E-state index in [0.717, 1.165) is 24.9 Å². The molecule has 0 radical (unpaired) electrons. The lowest BCUT2D eigenvalue weighted by atomic mass is 9.87. The molecule has 21 heavy (non-hydrogen) atoms. The molecule has 0 saturated heterocycles. The second-order valence-electron chi connectivity index (χ2n) is 5.13. The molecule has 3 N–H and O–H groups in total. The molecule has 1 saturated carbocycles. The number of carbonyl (C=O) groups is 1. The van der Waals surface area contributed by atoms with E-state index in [0.29, 0.717) is 18.2 Å². The molecule has 0 amide bonds. The number of para-hydroxylation sites is 1. The van der Waals surface area contributed by atoms with Gasteiger partial charge < -0.3 is 11.1 Å². The van der Waals surface area contributed by atoms with Gasteiger partial charge >= 0.3 is 0 Å². The summed E-state index contributed by atoms with van der Waals surface area (Å²) >= 11 is 0. The number of nitrogens with zero attached hydrogens (tertiary/aromatic N) is 3. The SMILES string of the molecule is Nc1nc(Nc2ccccc2)nc([C@H]2CCCCC2=O)n1. The molecule has 0 aliphatic heterocycles. The Bertz CT molecular complexity index is 644. The van der Waals surface area contributed by atoms with E-state index in [1.54, 1.807) is 0 Å². The number of anilines is 3. The minimum absolute atomic E-state index is 0.136. The van der Waals surface area contributed by atoms with E-state index in [9.17, 15) is 4.79 Å². The van der Waals surface area contributed by atoms with Gasteiger partial charge in [-0.3, -0.25) is 4.79 Å². The first-order valence-corrected chi connectivity index (χ1v) is 7.08. The lowest BCUT2D eigenvalue weighted by molar-refractivity contribution is -0.122. The molecular formula is C15H17N5O. The summed E-state index contributed by atoms with van der Waals surface area (Å²) in [5, 5.41) is 3.09. The Morgan fingerprint density at radius 3 is 2.67 bits per heavy atom. The van der Waals surface area contributed by atoms with Crippen LogP contribution in [0.5, 0.6) is 0 Å². The van der Waals surface area contributed by atoms with Crippen LogP contribution in [-0.4, -0.2) is 20.7 Å². The number of benzene rings is 1. The van der Waals surface area contributed by atoms with Gasteiger partial charge in [0, 0.05) is 12.1 Å². The van der Waals surface area contributed by atoms with Crippen LogP contribution in [0.1, 0.15) is 37.4 Å². The molecule has 108 valence electrons. The van der Waals surface area contributed by atoms with Gasteiger partial charge in [0.05, 0.1) is 5.92 Å². The predicted octanol–water partition coefficient (Wildman–Crippen LogP) is 2.42. The molecule has 1 atom stereocenters. The van der Waals surface area contributed by atoms with Crippen molar-refractivity contribution in [3.63, 3.8) is 0 Å². The predicted molar refractivity (Wildman–Crippen MR) is 80.2 cm³/mol. The minimum Gasteiger partial charge on any atom is -0.368 e. The third-order valence-electron chi connectivity index (χ3n) is 3.57. The molecule has 1 heterocycles. The van der Waals surface area contributed by atoms with Gasteiger partial charge in [-0.25, -0.2) is 0 Å². The monoisotopic (exact) mass is 283 g/mol. The molecule has 0 bridgehead atoms. The molecule has 1 aromatic heterocycles. The summed E-state index contributed by atoms with van der Waals surface area (Å²) in [7, 11) is 0. The van der Waals surface area contributed by atoms with Gasteiger partial charge in [-0.2, -0.15) is 15.0 Å². The van der Waals surface area contributed by atoms with E-state index in [1.165, 1.54) is 0 Å². The van der Waals surface area contributed by atoms with Crippen molar-refractivity contribution < 1.29 is 4.79 Å². The van der Waals surface area contributed by atoms with E-state index in [1.807, 2.05) is 30.3 Å². The summed E-state index contributed by atoms with van der Waals surface area (Å²) in [4.78, 5) is 24.6. The molecular weight excluding hydrogens is 266 g/mol. The summed E-state index contributed by atoms with van der Waals surface area (Å²) in [5.41, 5.74) is 6.62. The van der Waals surface area contributed by atoms with Gasteiger partial charge in [-0.1, -0.05) is 24.6 Å². The number of nitrogen functional groups attached to an aromatic ring is 1. The molecule has 0 unspecified atom stereocenters. The van der Waals surface area contributed by atoms with Crippen LogP contribution in [-0.2, 0) is 4.79 Å². The van der Waals surface area contributed by atoms with E-state index in [4.69, 9.17) is 5.73 Å². The zero-order valence-electron chi connectivity index (χ0n) is 11.6. The van der Waals surface area contributed by atoms with E-state index < -0.39 is 0 Å². The molecule has 1 aliphatic carbocycles. The zero-order valence-corrected chi connectivity index (χ0v) is 11.6. The normalized spacial score (nSPS) is 18.5. The summed E-state index contributed by atoms with van der Waals surface area (Å²) in [6, 6.07) is 9.58. The molecule has 1 aliphatic rings. The molecule has 6 nitrogen and oxygen atoms in total. The lowest BCUT2D eigenvalue weighted by Crippen LogP contribution is -2.21. The summed E-state index contributed by atoms with van der Waals surface area (Å²) in [6.45, 7) is 0. The largest absolute Gasteiger partial charge is 0.368 e. The van der Waals surface area contributed by atoms with Crippen LogP contribution in [0.2, 0.25) is 0 Å². The third-order valence-corrected chi connectivity index (χ3v) is 3.57. The second kappa shape index (κ2) is 5.87. The van der Waals surface area contributed by atoms with Crippen molar-refractivity contribution >= 4 is 23.4 Å². The molecule has 1 fully saturated rings. The highest BCUT2D eigenvalue weighted by molar-refractivity contribution is 5.85. The fraction of sp³-hybridized carbons (Fsp3) is 0.333. The fourth-order valence-corrected chi connectivity index (χ4v) is 2.53. The Balaban J connectivity index is 1.87. The Kier molecular flexibility index (Phi) is 3.77.